The van der Waals surface area contributed by atoms with Gasteiger partial charge in [-0.05, 0) is 37.8 Å². The van der Waals surface area contributed by atoms with Crippen LogP contribution in [-0.4, -0.2) is 25.8 Å². The summed E-state index contributed by atoms with van der Waals surface area (Å²) in [5, 5.41) is 0. The Hall–Kier alpha value is -2.11. The zero-order valence-electron chi connectivity index (χ0n) is 13.0. The highest BCUT2D eigenvalue weighted by Gasteiger charge is 2.41. The summed E-state index contributed by atoms with van der Waals surface area (Å²) in [6.07, 6.45) is 2.42. The van der Waals surface area contributed by atoms with E-state index in [9.17, 15) is 13.6 Å². The van der Waals surface area contributed by atoms with Crippen LogP contribution in [0, 0.1) is 17.6 Å². The van der Waals surface area contributed by atoms with Gasteiger partial charge in [0, 0.05) is 17.6 Å². The quantitative estimate of drug-likeness (QED) is 0.778. The number of ether oxygens (including phenoxy) is 3. The summed E-state index contributed by atoms with van der Waals surface area (Å²) in [5.74, 6) is -2.40. The lowest BCUT2D eigenvalue weighted by molar-refractivity contribution is -0.143. The van der Waals surface area contributed by atoms with Crippen molar-refractivity contribution in [2.75, 3.05) is 13.7 Å². The van der Waals surface area contributed by atoms with Crippen LogP contribution in [0.15, 0.2) is 17.9 Å². The highest BCUT2D eigenvalue weighted by atomic mass is 19.2. The molecule has 2 aliphatic rings. The molecule has 1 aromatic rings. The van der Waals surface area contributed by atoms with E-state index < -0.39 is 17.6 Å². The molecular formula is C17H18F2O4. The van der Waals surface area contributed by atoms with Crippen molar-refractivity contribution in [3.05, 3.63) is 35.1 Å². The maximum atomic E-state index is 14.0. The second kappa shape index (κ2) is 6.18. The van der Waals surface area contributed by atoms with Crippen LogP contribution in [0.25, 0.3) is 5.57 Å². The van der Waals surface area contributed by atoms with Crippen molar-refractivity contribution in [2.24, 2.45) is 5.92 Å². The summed E-state index contributed by atoms with van der Waals surface area (Å²) in [5.41, 5.74) is 0.841. The Kier molecular flexibility index (Phi) is 4.24. The molecule has 0 radical (unpaired) electrons. The Morgan fingerprint density at radius 2 is 2.09 bits per heavy atom. The highest BCUT2D eigenvalue weighted by molar-refractivity contribution is 5.97. The molecule has 0 saturated heterocycles. The van der Waals surface area contributed by atoms with E-state index in [1.807, 2.05) is 0 Å². The second-order valence-electron chi connectivity index (χ2n) is 5.67. The molecule has 0 amide bonds. The van der Waals surface area contributed by atoms with E-state index in [1.54, 1.807) is 6.92 Å². The predicted octanol–water partition coefficient (Wildman–Crippen LogP) is 3.45. The molecule has 0 spiro atoms. The first-order valence-electron chi connectivity index (χ1n) is 7.66. The third-order valence-corrected chi connectivity index (χ3v) is 4.14. The lowest BCUT2D eigenvalue weighted by Gasteiger charge is -2.11. The molecule has 1 atom stereocenters. The third kappa shape index (κ3) is 2.90. The molecule has 124 valence electrons. The Labute approximate surface area is 133 Å². The first-order valence-corrected chi connectivity index (χ1v) is 7.66. The maximum absolute atomic E-state index is 14.0. The fourth-order valence-corrected chi connectivity index (χ4v) is 2.86. The van der Waals surface area contributed by atoms with Gasteiger partial charge in [0.15, 0.2) is 11.6 Å². The van der Waals surface area contributed by atoms with E-state index in [4.69, 9.17) is 14.2 Å². The van der Waals surface area contributed by atoms with Gasteiger partial charge < -0.3 is 14.2 Å². The normalized spacial score (nSPS) is 20.4. The van der Waals surface area contributed by atoms with Crippen molar-refractivity contribution >= 4 is 11.5 Å². The van der Waals surface area contributed by atoms with Crippen molar-refractivity contribution in [1.29, 1.82) is 0 Å². The average molecular weight is 324 g/mol. The topological polar surface area (TPSA) is 44.8 Å². The fourth-order valence-electron chi connectivity index (χ4n) is 2.86. The van der Waals surface area contributed by atoms with Crippen molar-refractivity contribution < 1.29 is 27.8 Å². The molecular weight excluding hydrogens is 306 g/mol. The van der Waals surface area contributed by atoms with Gasteiger partial charge in [-0.25, -0.2) is 9.18 Å². The van der Waals surface area contributed by atoms with Gasteiger partial charge in [-0.2, -0.15) is 4.39 Å². The zero-order valence-corrected chi connectivity index (χ0v) is 13.0. The van der Waals surface area contributed by atoms with Crippen LogP contribution in [0.2, 0.25) is 0 Å². The Morgan fingerprint density at radius 1 is 1.35 bits per heavy atom. The standard InChI is InChI=1S/C17H18F2O4/c1-3-22-17(20)16-11(8-13(23-16)9-4-5-9)10-6-7-12(18)14(19)15(10)21-2/h6-7,9,13H,3-5,8H2,1-2H3. The molecule has 23 heavy (non-hydrogen) atoms. The molecule has 1 aromatic carbocycles. The molecule has 1 saturated carbocycles. The van der Waals surface area contributed by atoms with E-state index in [2.05, 4.69) is 0 Å². The van der Waals surface area contributed by atoms with Gasteiger partial charge in [-0.1, -0.05) is 0 Å². The SMILES string of the molecule is CCOC(=O)C1=C(c2ccc(F)c(F)c2OC)CC(C2CC2)O1. The number of hydrogen-bond donors (Lipinski definition) is 0. The van der Waals surface area contributed by atoms with E-state index in [0.29, 0.717) is 23.5 Å². The van der Waals surface area contributed by atoms with E-state index in [-0.39, 0.29) is 24.2 Å². The number of esters is 1. The van der Waals surface area contributed by atoms with Gasteiger partial charge in [0.2, 0.25) is 11.6 Å². The van der Waals surface area contributed by atoms with E-state index >= 15 is 0 Å². The average Bonchev–Trinajstić information content (AvgIpc) is 3.29. The lowest BCUT2D eigenvalue weighted by Crippen LogP contribution is -2.13. The molecule has 4 nitrogen and oxygen atoms in total. The molecule has 1 aliphatic carbocycles. The Morgan fingerprint density at radius 3 is 2.70 bits per heavy atom. The molecule has 3 rings (SSSR count). The summed E-state index contributed by atoms with van der Waals surface area (Å²) in [6.45, 7) is 1.91. The minimum Gasteiger partial charge on any atom is -0.493 e. The van der Waals surface area contributed by atoms with Crippen LogP contribution in [0.4, 0.5) is 8.78 Å². The number of hydrogen-bond acceptors (Lipinski definition) is 4. The van der Waals surface area contributed by atoms with Gasteiger partial charge in [0.05, 0.1) is 13.7 Å². The fraction of sp³-hybridized carbons (Fsp3) is 0.471. The highest BCUT2D eigenvalue weighted by Crippen LogP contribution is 2.46. The number of carbonyl (C=O) groups excluding carboxylic acids is 1. The molecule has 1 aliphatic heterocycles. The van der Waals surface area contributed by atoms with Crippen LogP contribution in [-0.2, 0) is 14.3 Å². The van der Waals surface area contributed by atoms with Gasteiger partial charge in [-0.15, -0.1) is 0 Å². The number of rotatable bonds is 5. The monoisotopic (exact) mass is 324 g/mol. The zero-order chi connectivity index (χ0) is 16.6. The minimum absolute atomic E-state index is 0.0769. The van der Waals surface area contributed by atoms with Gasteiger partial charge in [0.25, 0.3) is 0 Å². The van der Waals surface area contributed by atoms with Gasteiger partial charge in [-0.3, -0.25) is 0 Å². The lowest BCUT2D eigenvalue weighted by atomic mass is 9.98. The molecule has 0 bridgehead atoms. The second-order valence-corrected chi connectivity index (χ2v) is 5.67. The van der Waals surface area contributed by atoms with Crippen LogP contribution in [0.3, 0.4) is 0 Å². The molecule has 1 heterocycles. The van der Waals surface area contributed by atoms with Gasteiger partial charge >= 0.3 is 5.97 Å². The summed E-state index contributed by atoms with van der Waals surface area (Å²) in [7, 11) is 1.26. The summed E-state index contributed by atoms with van der Waals surface area (Å²) >= 11 is 0. The summed E-state index contributed by atoms with van der Waals surface area (Å²) < 4.78 is 43.2. The first kappa shape index (κ1) is 15.8. The number of carbonyl (C=O) groups is 1. The van der Waals surface area contributed by atoms with Crippen molar-refractivity contribution in [2.45, 2.75) is 32.3 Å². The largest absolute Gasteiger partial charge is 0.493 e. The third-order valence-electron chi connectivity index (χ3n) is 4.14. The number of methoxy groups -OCH3 is 1. The minimum atomic E-state index is -1.07. The molecule has 6 heteroatoms. The van der Waals surface area contributed by atoms with Gasteiger partial charge in [0.1, 0.15) is 6.10 Å². The summed E-state index contributed by atoms with van der Waals surface area (Å²) in [6, 6.07) is 2.43. The van der Waals surface area contributed by atoms with Crippen molar-refractivity contribution in [3.8, 4) is 5.75 Å². The number of halogens is 2. The van der Waals surface area contributed by atoms with Crippen molar-refractivity contribution in [3.63, 3.8) is 0 Å². The van der Waals surface area contributed by atoms with E-state index in [1.165, 1.54) is 13.2 Å². The maximum Gasteiger partial charge on any atom is 0.373 e. The van der Waals surface area contributed by atoms with Crippen LogP contribution >= 0.6 is 0 Å². The smallest absolute Gasteiger partial charge is 0.373 e. The summed E-state index contributed by atoms with van der Waals surface area (Å²) in [4.78, 5) is 12.2. The Bertz CT molecular complexity index is 665. The molecule has 0 aromatic heterocycles. The van der Waals surface area contributed by atoms with E-state index in [0.717, 1.165) is 18.9 Å². The van der Waals surface area contributed by atoms with Crippen LogP contribution in [0.5, 0.6) is 5.75 Å². The number of benzene rings is 1. The predicted molar refractivity (Wildman–Crippen MR) is 78.7 cm³/mol. The van der Waals surface area contributed by atoms with Crippen LogP contribution in [0.1, 0.15) is 31.7 Å². The molecule has 1 unspecified atom stereocenters. The Balaban J connectivity index is 2.04. The van der Waals surface area contributed by atoms with Crippen LogP contribution < -0.4 is 4.74 Å². The first-order chi connectivity index (χ1) is 11.1. The molecule has 0 N–H and O–H groups in total. The van der Waals surface area contributed by atoms with Crippen molar-refractivity contribution in [1.82, 2.24) is 0 Å². The molecule has 1 fully saturated rings.